The van der Waals surface area contributed by atoms with Crippen molar-refractivity contribution < 1.29 is 19.5 Å². The molecular weight excluding hydrogens is 492 g/mol. The van der Waals surface area contributed by atoms with Crippen LogP contribution in [0.4, 0.5) is 4.79 Å². The van der Waals surface area contributed by atoms with Gasteiger partial charge in [0.2, 0.25) is 5.91 Å². The van der Waals surface area contributed by atoms with Crippen LogP contribution in [-0.4, -0.2) is 46.4 Å². The van der Waals surface area contributed by atoms with Gasteiger partial charge >= 0.3 is 12.0 Å². The van der Waals surface area contributed by atoms with Crippen LogP contribution in [0.1, 0.15) is 49.7 Å². The predicted octanol–water partition coefficient (Wildman–Crippen LogP) is 4.36. The number of rotatable bonds is 10. The first-order chi connectivity index (χ1) is 17.7. The van der Waals surface area contributed by atoms with Gasteiger partial charge in [0, 0.05) is 18.7 Å². The number of nitrogens with one attached hydrogen (secondary N) is 1. The maximum atomic E-state index is 13.5. The zero-order chi connectivity index (χ0) is 27.3. The Hall–Kier alpha value is -3.40. The third kappa shape index (κ3) is 9.20. The molecule has 2 atom stereocenters. The van der Waals surface area contributed by atoms with Crippen LogP contribution in [0.2, 0.25) is 0 Å². The summed E-state index contributed by atoms with van der Waals surface area (Å²) in [6.07, 6.45) is 6.52. The molecule has 0 radical (unpaired) electrons. The molecule has 0 saturated heterocycles. The highest BCUT2D eigenvalue weighted by Gasteiger charge is 2.45. The topological polar surface area (TPSA) is 142 Å². The number of carbonyl (C=O) groups is 3. The van der Waals surface area contributed by atoms with Crippen molar-refractivity contribution in [2.45, 2.75) is 62.7 Å². The van der Waals surface area contributed by atoms with E-state index in [4.69, 9.17) is 12.6 Å². The van der Waals surface area contributed by atoms with E-state index >= 15 is 0 Å². The first-order valence-corrected chi connectivity index (χ1v) is 12.9. The number of nitrogens with zero attached hydrogens (tertiary/aromatic N) is 2. The van der Waals surface area contributed by atoms with Crippen molar-refractivity contribution in [1.29, 1.82) is 0 Å². The summed E-state index contributed by atoms with van der Waals surface area (Å²) >= 11 is 4.89. The van der Waals surface area contributed by atoms with Gasteiger partial charge in [-0.15, -0.1) is 4.91 Å². The molecule has 37 heavy (non-hydrogen) atoms. The first-order valence-electron chi connectivity index (χ1n) is 12.4. The summed E-state index contributed by atoms with van der Waals surface area (Å²) in [5.74, 6) is -1.16. The van der Waals surface area contributed by atoms with Crippen molar-refractivity contribution in [3.63, 3.8) is 0 Å². The lowest BCUT2D eigenvalue weighted by atomic mass is 9.69. The summed E-state index contributed by atoms with van der Waals surface area (Å²) in [5.41, 5.74) is 6.06. The summed E-state index contributed by atoms with van der Waals surface area (Å²) in [4.78, 5) is 44.4. The van der Waals surface area contributed by atoms with E-state index in [9.17, 15) is 24.4 Å². The number of carboxylic acid groups (broad SMARTS) is 1. The van der Waals surface area contributed by atoms with Gasteiger partial charge in [-0.05, 0) is 36.8 Å². The third-order valence-corrected chi connectivity index (χ3v) is 7.47. The number of carbonyl (C=O) groups excluding carboxylic acids is 2. The molecular formula is C27H36N4O5S. The minimum Gasteiger partial charge on any atom is -0.480 e. The smallest absolute Gasteiger partial charge is 0.337 e. The van der Waals surface area contributed by atoms with Crippen LogP contribution in [0.5, 0.6) is 0 Å². The molecule has 4 N–H and O–H groups in total. The Morgan fingerprint density at radius 1 is 1.03 bits per heavy atom. The summed E-state index contributed by atoms with van der Waals surface area (Å²) in [6, 6.07) is 17.9. The summed E-state index contributed by atoms with van der Waals surface area (Å²) in [6.45, 7) is 0. The average Bonchev–Trinajstić information content (AvgIpc) is 2.92. The van der Waals surface area contributed by atoms with Gasteiger partial charge in [-0.25, -0.2) is 9.59 Å². The van der Waals surface area contributed by atoms with E-state index < -0.39 is 23.5 Å². The maximum absolute atomic E-state index is 13.5. The number of hydrogen-bond donors (Lipinski definition) is 4. The van der Waals surface area contributed by atoms with Gasteiger partial charge in [-0.1, -0.05) is 79.9 Å². The molecule has 1 fully saturated rings. The Labute approximate surface area is 223 Å². The molecule has 0 aliphatic heterocycles. The van der Waals surface area contributed by atoms with Crippen molar-refractivity contribution in [3.8, 4) is 0 Å². The third-order valence-electron chi connectivity index (χ3n) is 6.71. The molecule has 1 aliphatic rings. The molecule has 2 aromatic rings. The predicted molar refractivity (Wildman–Crippen MR) is 146 cm³/mol. The van der Waals surface area contributed by atoms with Crippen LogP contribution in [0.3, 0.4) is 0 Å². The van der Waals surface area contributed by atoms with Crippen molar-refractivity contribution in [1.82, 2.24) is 10.3 Å². The lowest BCUT2D eigenvalue weighted by Crippen LogP contribution is -2.53. The van der Waals surface area contributed by atoms with Gasteiger partial charge < -0.3 is 16.2 Å². The molecule has 1 unspecified atom stereocenters. The molecule has 2 aromatic carbocycles. The number of primary amides is 1. The summed E-state index contributed by atoms with van der Waals surface area (Å²) < 4.78 is 0. The second-order valence-corrected chi connectivity index (χ2v) is 9.88. The molecule has 3 rings (SSSR count). The maximum Gasteiger partial charge on any atom is 0.337 e. The standard InChI is InChI=1S/C25H31NO3S.C2H5N3O2/c27-23(28)21(18-20-12-6-2-7-13-20)26-24(29)25(16-8-3-9-17-25)22(30)15-14-19-10-4-1-5-11-19;1-5(4-7)2(3)6/h1-2,4-7,10-13,21-22,30H,3,8-9,14-18H2,(H,26,29)(H,27,28);1H3,(H2,3,6)/t21-,22?;/m0./s1. The second-order valence-electron chi connectivity index (χ2n) is 9.25. The number of aryl methyl sites for hydroxylation is 1. The zero-order valence-electron chi connectivity index (χ0n) is 21.1. The molecule has 1 aliphatic carbocycles. The fraction of sp³-hybridized carbons (Fsp3) is 0.444. The molecule has 0 heterocycles. The largest absolute Gasteiger partial charge is 0.480 e. The average molecular weight is 529 g/mol. The molecule has 3 amide bonds. The van der Waals surface area contributed by atoms with Crippen LogP contribution in [0, 0.1) is 10.3 Å². The van der Waals surface area contributed by atoms with E-state index in [1.807, 2.05) is 48.5 Å². The second kappa shape index (κ2) is 15.0. The number of benzene rings is 2. The summed E-state index contributed by atoms with van der Waals surface area (Å²) in [5, 5.41) is 15.2. The number of aliphatic carboxylic acids is 1. The highest BCUT2D eigenvalue weighted by Crippen LogP contribution is 2.43. The van der Waals surface area contributed by atoms with Gasteiger partial charge in [0.1, 0.15) is 6.04 Å². The van der Waals surface area contributed by atoms with Crippen LogP contribution in [0.15, 0.2) is 65.9 Å². The number of nitrogens with two attached hydrogens (primary N) is 1. The SMILES string of the molecule is CN(N=O)C(N)=O.O=C(O)[C@H](Cc1ccccc1)NC(=O)C1(C(S)CCc2ccccc2)CCCCC1. The number of hydrogen-bond acceptors (Lipinski definition) is 6. The van der Waals surface area contributed by atoms with Gasteiger partial charge in [0.05, 0.1) is 10.7 Å². The van der Waals surface area contributed by atoms with Gasteiger partial charge in [-0.3, -0.25) is 4.79 Å². The molecule has 0 aromatic heterocycles. The lowest BCUT2D eigenvalue weighted by molar-refractivity contribution is -0.144. The molecule has 0 bridgehead atoms. The number of carboxylic acids is 1. The van der Waals surface area contributed by atoms with E-state index in [2.05, 4.69) is 28.5 Å². The Morgan fingerprint density at radius 3 is 2.03 bits per heavy atom. The first kappa shape index (κ1) is 29.8. The lowest BCUT2D eigenvalue weighted by Gasteiger charge is -2.41. The van der Waals surface area contributed by atoms with Crippen LogP contribution < -0.4 is 11.1 Å². The molecule has 9 nitrogen and oxygen atoms in total. The number of urea groups is 1. The van der Waals surface area contributed by atoms with Crippen LogP contribution >= 0.6 is 12.6 Å². The van der Waals surface area contributed by atoms with Crippen molar-refractivity contribution in [2.75, 3.05) is 7.05 Å². The fourth-order valence-corrected chi connectivity index (χ4v) is 5.02. The quantitative estimate of drug-likeness (QED) is 0.206. The van der Waals surface area contributed by atoms with E-state index in [1.165, 1.54) is 12.6 Å². The minimum atomic E-state index is -1.00. The monoisotopic (exact) mass is 528 g/mol. The van der Waals surface area contributed by atoms with E-state index in [0.717, 1.165) is 50.5 Å². The number of amides is 3. The van der Waals surface area contributed by atoms with Crippen LogP contribution in [0.25, 0.3) is 0 Å². The summed E-state index contributed by atoms with van der Waals surface area (Å²) in [7, 11) is 1.18. The Kier molecular flexibility index (Phi) is 12.1. The highest BCUT2D eigenvalue weighted by molar-refractivity contribution is 7.81. The zero-order valence-corrected chi connectivity index (χ0v) is 22.0. The Bertz CT molecular complexity index is 1020. The number of nitroso groups, excluding NO2 is 1. The molecule has 200 valence electrons. The normalized spacial score (nSPS) is 15.7. The van der Waals surface area contributed by atoms with Crippen molar-refractivity contribution >= 4 is 30.5 Å². The van der Waals surface area contributed by atoms with Crippen molar-refractivity contribution in [2.24, 2.45) is 16.4 Å². The highest BCUT2D eigenvalue weighted by atomic mass is 32.1. The van der Waals surface area contributed by atoms with Crippen LogP contribution in [-0.2, 0) is 22.4 Å². The molecule has 10 heteroatoms. The molecule has 0 spiro atoms. The van der Waals surface area contributed by atoms with E-state index in [-0.39, 0.29) is 17.6 Å². The van der Waals surface area contributed by atoms with E-state index in [0.29, 0.717) is 5.01 Å². The minimum absolute atomic E-state index is 0.107. The van der Waals surface area contributed by atoms with Crippen molar-refractivity contribution in [3.05, 3.63) is 76.7 Å². The fourth-order valence-electron chi connectivity index (χ4n) is 4.51. The van der Waals surface area contributed by atoms with Gasteiger partial charge in [-0.2, -0.15) is 17.6 Å². The Balaban J connectivity index is 0.000000604. The van der Waals surface area contributed by atoms with Gasteiger partial charge in [0.25, 0.3) is 0 Å². The number of thiol groups is 1. The Morgan fingerprint density at radius 2 is 1.57 bits per heavy atom. The van der Waals surface area contributed by atoms with Gasteiger partial charge in [0.15, 0.2) is 0 Å². The molecule has 1 saturated carbocycles. The van der Waals surface area contributed by atoms with E-state index in [1.54, 1.807) is 0 Å².